The van der Waals surface area contributed by atoms with Crippen molar-refractivity contribution in [3.05, 3.63) is 60.4 Å². The first-order valence-electron chi connectivity index (χ1n) is 7.62. The van der Waals surface area contributed by atoms with Crippen LogP contribution in [0.15, 0.2) is 64.4 Å². The summed E-state index contributed by atoms with van der Waals surface area (Å²) >= 11 is 1.60. The van der Waals surface area contributed by atoms with E-state index in [9.17, 15) is 17.6 Å². The van der Waals surface area contributed by atoms with E-state index in [4.69, 9.17) is 0 Å². The first-order chi connectivity index (χ1) is 11.9. The molecule has 25 heavy (non-hydrogen) atoms. The molecule has 0 spiro atoms. The maximum absolute atomic E-state index is 12.9. The number of halogens is 1. The second-order valence-electron chi connectivity index (χ2n) is 5.25. The lowest BCUT2D eigenvalue weighted by Gasteiger charge is -2.14. The molecule has 1 atom stereocenters. The fourth-order valence-corrected chi connectivity index (χ4v) is 3.97. The molecular weight excluding hydrogens is 363 g/mol. The average molecular weight is 382 g/mol. The summed E-state index contributed by atoms with van der Waals surface area (Å²) in [5, 5.41) is 2.69. The Bertz CT molecular complexity index is 796. The number of thioether (sulfide) groups is 1. The van der Waals surface area contributed by atoms with E-state index >= 15 is 0 Å². The van der Waals surface area contributed by atoms with Crippen molar-refractivity contribution in [1.82, 2.24) is 10.0 Å². The maximum Gasteiger partial charge on any atom is 0.241 e. The molecule has 2 aromatic carbocycles. The minimum Gasteiger partial charge on any atom is -0.354 e. The van der Waals surface area contributed by atoms with E-state index < -0.39 is 27.8 Å². The van der Waals surface area contributed by atoms with Crippen molar-refractivity contribution in [2.75, 3.05) is 12.3 Å². The SMILES string of the molecule is C[C@H](NS(=O)(=O)c1ccc(F)cc1)C(=O)NCCSc1ccccc1. The summed E-state index contributed by atoms with van der Waals surface area (Å²) in [6.07, 6.45) is 0. The Morgan fingerprint density at radius 3 is 2.40 bits per heavy atom. The molecule has 2 rings (SSSR count). The summed E-state index contributed by atoms with van der Waals surface area (Å²) in [6.45, 7) is 1.88. The van der Waals surface area contributed by atoms with Gasteiger partial charge in [-0.25, -0.2) is 12.8 Å². The molecule has 0 fully saturated rings. The lowest BCUT2D eigenvalue weighted by Crippen LogP contribution is -2.45. The molecule has 0 saturated heterocycles. The Hall–Kier alpha value is -1.90. The number of hydrogen-bond donors (Lipinski definition) is 2. The van der Waals surface area contributed by atoms with Crippen LogP contribution in [0, 0.1) is 5.82 Å². The van der Waals surface area contributed by atoms with Gasteiger partial charge < -0.3 is 5.32 Å². The number of benzene rings is 2. The van der Waals surface area contributed by atoms with Crippen LogP contribution in [-0.4, -0.2) is 32.7 Å². The van der Waals surface area contributed by atoms with Crippen LogP contribution in [0.5, 0.6) is 0 Å². The fourth-order valence-electron chi connectivity index (χ4n) is 1.98. The zero-order valence-electron chi connectivity index (χ0n) is 13.6. The van der Waals surface area contributed by atoms with Crippen LogP contribution in [0.4, 0.5) is 4.39 Å². The molecule has 0 aromatic heterocycles. The van der Waals surface area contributed by atoms with E-state index in [1.807, 2.05) is 30.3 Å². The van der Waals surface area contributed by atoms with Crippen molar-refractivity contribution in [2.24, 2.45) is 0 Å². The smallest absolute Gasteiger partial charge is 0.241 e. The minimum atomic E-state index is -3.88. The zero-order chi connectivity index (χ0) is 18.3. The molecule has 8 heteroatoms. The number of sulfonamides is 1. The highest BCUT2D eigenvalue weighted by atomic mass is 32.2. The largest absolute Gasteiger partial charge is 0.354 e. The maximum atomic E-state index is 12.9. The van der Waals surface area contributed by atoms with E-state index in [2.05, 4.69) is 10.0 Å². The van der Waals surface area contributed by atoms with E-state index in [1.165, 1.54) is 6.92 Å². The van der Waals surface area contributed by atoms with Gasteiger partial charge in [0.2, 0.25) is 15.9 Å². The van der Waals surface area contributed by atoms with Crippen LogP contribution >= 0.6 is 11.8 Å². The lowest BCUT2D eigenvalue weighted by molar-refractivity contribution is -0.122. The Morgan fingerprint density at radius 1 is 1.12 bits per heavy atom. The number of hydrogen-bond acceptors (Lipinski definition) is 4. The van der Waals surface area contributed by atoms with Crippen molar-refractivity contribution in [3.63, 3.8) is 0 Å². The monoisotopic (exact) mass is 382 g/mol. The highest BCUT2D eigenvalue weighted by Crippen LogP contribution is 2.15. The number of rotatable bonds is 8. The first kappa shape index (κ1) is 19.4. The molecule has 0 saturated carbocycles. The van der Waals surface area contributed by atoms with Gasteiger partial charge in [0, 0.05) is 17.2 Å². The molecular formula is C17H19FN2O3S2. The summed E-state index contributed by atoms with van der Waals surface area (Å²) in [4.78, 5) is 13.0. The van der Waals surface area contributed by atoms with Crippen LogP contribution in [-0.2, 0) is 14.8 Å². The molecule has 0 radical (unpaired) electrons. The molecule has 0 aliphatic rings. The summed E-state index contributed by atoms with van der Waals surface area (Å²) < 4.78 is 39.5. The molecule has 2 aromatic rings. The summed E-state index contributed by atoms with van der Waals surface area (Å²) in [7, 11) is -3.88. The third-order valence-electron chi connectivity index (χ3n) is 3.26. The Morgan fingerprint density at radius 2 is 1.76 bits per heavy atom. The van der Waals surface area contributed by atoms with Crippen LogP contribution in [0.25, 0.3) is 0 Å². The number of carbonyl (C=O) groups excluding carboxylic acids is 1. The molecule has 1 amide bonds. The normalized spacial score (nSPS) is 12.6. The van der Waals surface area contributed by atoms with Crippen molar-refractivity contribution < 1.29 is 17.6 Å². The van der Waals surface area contributed by atoms with Crippen molar-refractivity contribution in [1.29, 1.82) is 0 Å². The quantitative estimate of drug-likeness (QED) is 0.543. The van der Waals surface area contributed by atoms with E-state index in [0.29, 0.717) is 12.3 Å². The Labute approximate surface area is 151 Å². The number of nitrogens with one attached hydrogen (secondary N) is 2. The second-order valence-corrected chi connectivity index (χ2v) is 8.13. The van der Waals surface area contributed by atoms with E-state index in [1.54, 1.807) is 11.8 Å². The standard InChI is InChI=1S/C17H19FN2O3S2/c1-13(20-25(22,23)16-9-7-14(18)8-10-16)17(21)19-11-12-24-15-5-3-2-4-6-15/h2-10,13,20H,11-12H2,1H3,(H,19,21)/t13-/m0/s1. The Kier molecular flexibility index (Phi) is 6.98. The van der Waals surface area contributed by atoms with Gasteiger partial charge in [-0.2, -0.15) is 4.72 Å². The van der Waals surface area contributed by atoms with Crippen molar-refractivity contribution >= 4 is 27.7 Å². The number of carbonyl (C=O) groups is 1. The van der Waals surface area contributed by atoms with Crippen LogP contribution in [0.1, 0.15) is 6.92 Å². The van der Waals surface area contributed by atoms with Crippen LogP contribution in [0.2, 0.25) is 0 Å². The second kappa shape index (κ2) is 8.98. The fraction of sp³-hybridized carbons (Fsp3) is 0.235. The van der Waals surface area contributed by atoms with Crippen molar-refractivity contribution in [2.45, 2.75) is 22.8 Å². The van der Waals surface area contributed by atoms with Gasteiger partial charge in [0.25, 0.3) is 0 Å². The Balaban J connectivity index is 1.80. The van der Waals surface area contributed by atoms with Gasteiger partial charge in [-0.05, 0) is 43.3 Å². The molecule has 0 aliphatic carbocycles. The van der Waals surface area contributed by atoms with Gasteiger partial charge >= 0.3 is 0 Å². The molecule has 0 aliphatic heterocycles. The summed E-state index contributed by atoms with van der Waals surface area (Å²) in [5.41, 5.74) is 0. The zero-order valence-corrected chi connectivity index (χ0v) is 15.2. The molecule has 0 unspecified atom stereocenters. The van der Waals surface area contributed by atoms with Gasteiger partial charge in [-0.15, -0.1) is 11.8 Å². The minimum absolute atomic E-state index is 0.0896. The van der Waals surface area contributed by atoms with Crippen LogP contribution in [0.3, 0.4) is 0 Å². The lowest BCUT2D eigenvalue weighted by atomic mass is 10.3. The molecule has 134 valence electrons. The summed E-state index contributed by atoms with van der Waals surface area (Å²) in [6, 6.07) is 13.2. The molecule has 2 N–H and O–H groups in total. The first-order valence-corrected chi connectivity index (χ1v) is 10.1. The molecule has 0 heterocycles. The molecule has 0 bridgehead atoms. The predicted molar refractivity (Wildman–Crippen MR) is 96.4 cm³/mol. The highest BCUT2D eigenvalue weighted by molar-refractivity contribution is 7.99. The predicted octanol–water partition coefficient (Wildman–Crippen LogP) is 2.40. The third-order valence-corrected chi connectivity index (χ3v) is 5.83. The third kappa shape index (κ3) is 6.15. The van der Waals surface area contributed by atoms with Crippen molar-refractivity contribution in [3.8, 4) is 0 Å². The number of amides is 1. The topological polar surface area (TPSA) is 75.3 Å². The summed E-state index contributed by atoms with van der Waals surface area (Å²) in [5.74, 6) is -0.271. The molecule has 5 nitrogen and oxygen atoms in total. The van der Waals surface area contributed by atoms with Crippen LogP contribution < -0.4 is 10.0 Å². The van der Waals surface area contributed by atoms with E-state index in [0.717, 1.165) is 29.2 Å². The van der Waals surface area contributed by atoms with Gasteiger partial charge in [0.15, 0.2) is 0 Å². The highest BCUT2D eigenvalue weighted by Gasteiger charge is 2.21. The van der Waals surface area contributed by atoms with E-state index in [-0.39, 0.29) is 4.90 Å². The average Bonchev–Trinajstić information content (AvgIpc) is 2.59. The van der Waals surface area contributed by atoms with Gasteiger partial charge in [0.1, 0.15) is 5.82 Å². The van der Waals surface area contributed by atoms with Gasteiger partial charge in [0.05, 0.1) is 10.9 Å². The van der Waals surface area contributed by atoms with Gasteiger partial charge in [-0.3, -0.25) is 4.79 Å². The van der Waals surface area contributed by atoms with Gasteiger partial charge in [-0.1, -0.05) is 18.2 Å².